The molecule has 0 spiro atoms. The van der Waals surface area contributed by atoms with Crippen molar-refractivity contribution in [2.24, 2.45) is 0 Å². The van der Waals surface area contributed by atoms with Crippen molar-refractivity contribution in [1.29, 1.82) is 5.26 Å². The van der Waals surface area contributed by atoms with E-state index in [9.17, 15) is 0 Å². The molecule has 0 aliphatic rings. The van der Waals surface area contributed by atoms with Crippen molar-refractivity contribution in [2.75, 3.05) is 18.5 Å². The van der Waals surface area contributed by atoms with Crippen LogP contribution in [0.5, 0.6) is 0 Å². The zero-order valence-corrected chi connectivity index (χ0v) is 9.53. The number of aliphatic hydroxyl groups is 2. The van der Waals surface area contributed by atoms with Gasteiger partial charge in [0, 0.05) is 10.2 Å². The highest BCUT2D eigenvalue weighted by Crippen LogP contribution is 2.19. The number of rotatable bonds is 4. The third-order valence-corrected chi connectivity index (χ3v) is 2.30. The van der Waals surface area contributed by atoms with E-state index in [0.29, 0.717) is 11.3 Å². The van der Waals surface area contributed by atoms with E-state index in [-0.39, 0.29) is 13.2 Å². The van der Waals surface area contributed by atoms with Crippen LogP contribution in [-0.4, -0.2) is 29.5 Å². The molecule has 0 heterocycles. The summed E-state index contributed by atoms with van der Waals surface area (Å²) >= 11 is 3.27. The van der Waals surface area contributed by atoms with E-state index in [1.807, 2.05) is 6.07 Å². The number of hydrogen-bond donors (Lipinski definition) is 3. The molecular weight excluding hydrogens is 260 g/mol. The van der Waals surface area contributed by atoms with Gasteiger partial charge in [0.2, 0.25) is 0 Å². The van der Waals surface area contributed by atoms with Crippen LogP contribution in [0.2, 0.25) is 0 Å². The fourth-order valence-corrected chi connectivity index (χ4v) is 1.62. The molecule has 0 unspecified atom stereocenters. The molecule has 0 saturated heterocycles. The fraction of sp³-hybridized carbons (Fsp3) is 0.300. The largest absolute Gasteiger partial charge is 0.394 e. The molecule has 1 aromatic rings. The lowest BCUT2D eigenvalue weighted by atomic mass is 10.2. The van der Waals surface area contributed by atoms with Crippen LogP contribution in [0.1, 0.15) is 5.56 Å². The van der Waals surface area contributed by atoms with Gasteiger partial charge in [0.1, 0.15) is 0 Å². The van der Waals surface area contributed by atoms with Gasteiger partial charge in [-0.2, -0.15) is 5.26 Å². The molecule has 80 valence electrons. The molecule has 4 nitrogen and oxygen atoms in total. The molecule has 0 fully saturated rings. The molecule has 0 amide bonds. The first-order chi connectivity index (χ1) is 7.19. The lowest BCUT2D eigenvalue weighted by Crippen LogP contribution is -2.27. The minimum absolute atomic E-state index is 0.162. The molecular formula is C10H11BrN2O2. The molecule has 0 radical (unpaired) electrons. The Morgan fingerprint density at radius 1 is 1.33 bits per heavy atom. The van der Waals surface area contributed by atoms with Crippen LogP contribution in [0.15, 0.2) is 22.7 Å². The summed E-state index contributed by atoms with van der Waals surface area (Å²) in [6, 6.07) is 6.74. The normalized spacial score (nSPS) is 10.1. The summed E-state index contributed by atoms with van der Waals surface area (Å²) in [7, 11) is 0. The highest BCUT2D eigenvalue weighted by molar-refractivity contribution is 9.10. The predicted octanol–water partition coefficient (Wildman–Crippen LogP) is 1.09. The van der Waals surface area contributed by atoms with E-state index in [1.54, 1.807) is 18.2 Å². The summed E-state index contributed by atoms with van der Waals surface area (Å²) in [6.07, 6.45) is 0. The average Bonchev–Trinajstić information content (AvgIpc) is 2.25. The van der Waals surface area contributed by atoms with E-state index in [0.717, 1.165) is 4.47 Å². The highest BCUT2D eigenvalue weighted by atomic mass is 79.9. The molecule has 3 N–H and O–H groups in total. The second kappa shape index (κ2) is 5.71. The van der Waals surface area contributed by atoms with Gasteiger partial charge in [-0.3, -0.25) is 0 Å². The Balaban J connectivity index is 2.85. The number of halogens is 1. The molecule has 0 bridgehead atoms. The van der Waals surface area contributed by atoms with Gasteiger partial charge < -0.3 is 15.5 Å². The molecule has 0 aromatic heterocycles. The zero-order chi connectivity index (χ0) is 11.3. The molecule has 15 heavy (non-hydrogen) atoms. The summed E-state index contributed by atoms with van der Waals surface area (Å²) in [6.45, 7) is -0.324. The Morgan fingerprint density at radius 2 is 2.00 bits per heavy atom. The van der Waals surface area contributed by atoms with Crippen molar-refractivity contribution < 1.29 is 10.2 Å². The van der Waals surface area contributed by atoms with Crippen LogP contribution >= 0.6 is 15.9 Å². The van der Waals surface area contributed by atoms with Crippen LogP contribution in [0.25, 0.3) is 0 Å². The van der Waals surface area contributed by atoms with Gasteiger partial charge in [-0.15, -0.1) is 0 Å². The summed E-state index contributed by atoms with van der Waals surface area (Å²) in [5.74, 6) is 0. The third kappa shape index (κ3) is 3.51. The first-order valence-electron chi connectivity index (χ1n) is 4.38. The van der Waals surface area contributed by atoms with Crippen molar-refractivity contribution in [2.45, 2.75) is 6.04 Å². The SMILES string of the molecule is N#Cc1cc(Br)cc(NC(CO)CO)c1. The van der Waals surface area contributed by atoms with E-state index >= 15 is 0 Å². The molecule has 0 atom stereocenters. The second-order valence-corrected chi connectivity index (χ2v) is 3.96. The minimum Gasteiger partial charge on any atom is -0.394 e. The zero-order valence-electron chi connectivity index (χ0n) is 7.94. The van der Waals surface area contributed by atoms with Crippen molar-refractivity contribution in [3.8, 4) is 6.07 Å². The average molecular weight is 271 g/mol. The summed E-state index contributed by atoms with van der Waals surface area (Å²) in [5.41, 5.74) is 1.20. The number of hydrogen-bond acceptors (Lipinski definition) is 4. The number of nitrogens with zero attached hydrogens (tertiary/aromatic N) is 1. The van der Waals surface area contributed by atoms with Crippen LogP contribution in [0, 0.1) is 11.3 Å². The second-order valence-electron chi connectivity index (χ2n) is 3.05. The Morgan fingerprint density at radius 3 is 2.53 bits per heavy atom. The summed E-state index contributed by atoms with van der Waals surface area (Å²) in [4.78, 5) is 0. The lowest BCUT2D eigenvalue weighted by molar-refractivity contribution is 0.204. The molecule has 1 rings (SSSR count). The standard InChI is InChI=1S/C10H11BrN2O2/c11-8-1-7(4-12)2-9(3-8)13-10(5-14)6-15/h1-3,10,13-15H,5-6H2. The van der Waals surface area contributed by atoms with Crippen molar-refractivity contribution in [1.82, 2.24) is 0 Å². The van der Waals surface area contributed by atoms with Crippen molar-refractivity contribution >= 4 is 21.6 Å². The number of nitrogens with one attached hydrogen (secondary N) is 1. The quantitative estimate of drug-likeness (QED) is 0.766. The van der Waals surface area contributed by atoms with Crippen LogP contribution in [0.3, 0.4) is 0 Å². The van der Waals surface area contributed by atoms with E-state index in [1.165, 1.54) is 0 Å². The molecule has 0 aliphatic carbocycles. The Labute approximate surface area is 96.3 Å². The number of benzene rings is 1. The Kier molecular flexibility index (Phi) is 4.56. The van der Waals surface area contributed by atoms with Crippen molar-refractivity contribution in [3.05, 3.63) is 28.2 Å². The van der Waals surface area contributed by atoms with Gasteiger partial charge in [0.05, 0.1) is 30.9 Å². The van der Waals surface area contributed by atoms with E-state index < -0.39 is 6.04 Å². The number of anilines is 1. The van der Waals surface area contributed by atoms with Crippen LogP contribution in [0.4, 0.5) is 5.69 Å². The Bertz CT molecular complexity index is 372. The topological polar surface area (TPSA) is 76.3 Å². The third-order valence-electron chi connectivity index (χ3n) is 1.84. The predicted molar refractivity (Wildman–Crippen MR) is 60.4 cm³/mol. The number of aliphatic hydroxyl groups excluding tert-OH is 2. The lowest BCUT2D eigenvalue weighted by Gasteiger charge is -2.15. The smallest absolute Gasteiger partial charge is 0.0992 e. The van der Waals surface area contributed by atoms with Gasteiger partial charge in [-0.05, 0) is 18.2 Å². The summed E-state index contributed by atoms with van der Waals surface area (Å²) < 4.78 is 0.777. The first-order valence-corrected chi connectivity index (χ1v) is 5.18. The van der Waals surface area contributed by atoms with Gasteiger partial charge in [-0.1, -0.05) is 15.9 Å². The van der Waals surface area contributed by atoms with Crippen molar-refractivity contribution in [3.63, 3.8) is 0 Å². The maximum atomic E-state index is 8.88. The van der Waals surface area contributed by atoms with E-state index in [4.69, 9.17) is 15.5 Å². The van der Waals surface area contributed by atoms with Gasteiger partial charge >= 0.3 is 0 Å². The molecule has 0 saturated carbocycles. The fourth-order valence-electron chi connectivity index (χ4n) is 1.12. The summed E-state index contributed by atoms with van der Waals surface area (Å²) in [5, 5.41) is 29.4. The Hall–Kier alpha value is -1.09. The first kappa shape index (κ1) is 12.0. The number of nitriles is 1. The minimum atomic E-state index is -0.411. The monoisotopic (exact) mass is 270 g/mol. The van der Waals surface area contributed by atoms with Gasteiger partial charge in [-0.25, -0.2) is 0 Å². The van der Waals surface area contributed by atoms with Crippen LogP contribution in [-0.2, 0) is 0 Å². The highest BCUT2D eigenvalue weighted by Gasteiger charge is 2.06. The van der Waals surface area contributed by atoms with Crippen LogP contribution < -0.4 is 5.32 Å². The molecule has 5 heteroatoms. The van der Waals surface area contributed by atoms with E-state index in [2.05, 4.69) is 21.2 Å². The maximum absolute atomic E-state index is 8.88. The molecule has 0 aliphatic heterocycles. The van der Waals surface area contributed by atoms with Gasteiger partial charge in [0.15, 0.2) is 0 Å². The van der Waals surface area contributed by atoms with Gasteiger partial charge in [0.25, 0.3) is 0 Å². The maximum Gasteiger partial charge on any atom is 0.0992 e. The molecule has 1 aromatic carbocycles.